The molecule has 1 aliphatic rings. The van der Waals surface area contributed by atoms with Gasteiger partial charge in [-0.3, -0.25) is 4.90 Å². The summed E-state index contributed by atoms with van der Waals surface area (Å²) in [6.07, 6.45) is 3.20. The second-order valence-corrected chi connectivity index (χ2v) is 4.61. The molecule has 0 aromatic carbocycles. The van der Waals surface area contributed by atoms with Crippen molar-refractivity contribution in [3.63, 3.8) is 0 Å². The summed E-state index contributed by atoms with van der Waals surface area (Å²) in [5, 5.41) is 0. The molecule has 0 aromatic rings. The van der Waals surface area contributed by atoms with E-state index < -0.39 is 0 Å². The number of hydrogen-bond acceptors (Lipinski definition) is 2. The van der Waals surface area contributed by atoms with Gasteiger partial charge < -0.3 is 4.79 Å². The third-order valence-electron chi connectivity index (χ3n) is 3.09. The molecule has 1 rings (SSSR count). The van der Waals surface area contributed by atoms with Crippen LogP contribution in [-0.2, 0) is 4.79 Å². The first-order valence-corrected chi connectivity index (χ1v) is 5.29. The lowest BCUT2D eigenvalue weighted by Crippen LogP contribution is -2.50. The third-order valence-corrected chi connectivity index (χ3v) is 3.09. The van der Waals surface area contributed by atoms with E-state index in [4.69, 9.17) is 0 Å². The van der Waals surface area contributed by atoms with Crippen LogP contribution in [0.25, 0.3) is 0 Å². The molecule has 0 bridgehead atoms. The third kappa shape index (κ3) is 2.31. The van der Waals surface area contributed by atoms with Gasteiger partial charge in [-0.1, -0.05) is 0 Å². The molecule has 0 N–H and O–H groups in total. The molecule has 76 valence electrons. The summed E-state index contributed by atoms with van der Waals surface area (Å²) in [4.78, 5) is 13.2. The average Bonchev–Trinajstić information content (AvgIpc) is 2.02. The van der Waals surface area contributed by atoms with Crippen molar-refractivity contribution >= 4 is 6.29 Å². The Balaban J connectivity index is 2.64. The first kappa shape index (κ1) is 10.7. The van der Waals surface area contributed by atoms with Crippen molar-refractivity contribution in [2.45, 2.75) is 58.7 Å². The van der Waals surface area contributed by atoms with E-state index in [1.165, 1.54) is 0 Å². The molecule has 0 saturated carbocycles. The SMILES string of the molecule is CC(C)N1[C@@H](C)CC(C=O)C[C@@H]1C. The fourth-order valence-electron chi connectivity index (χ4n) is 2.78. The van der Waals surface area contributed by atoms with Crippen LogP contribution in [-0.4, -0.2) is 29.3 Å². The Bertz CT molecular complexity index is 167. The van der Waals surface area contributed by atoms with Gasteiger partial charge in [0.1, 0.15) is 6.29 Å². The summed E-state index contributed by atoms with van der Waals surface area (Å²) >= 11 is 0. The Kier molecular flexibility index (Phi) is 3.48. The molecule has 1 heterocycles. The highest BCUT2D eigenvalue weighted by Crippen LogP contribution is 2.27. The van der Waals surface area contributed by atoms with Gasteiger partial charge in [-0.15, -0.1) is 0 Å². The van der Waals surface area contributed by atoms with Crippen LogP contribution in [0, 0.1) is 5.92 Å². The number of aldehydes is 1. The van der Waals surface area contributed by atoms with Crippen LogP contribution >= 0.6 is 0 Å². The van der Waals surface area contributed by atoms with Crippen molar-refractivity contribution in [2.24, 2.45) is 5.92 Å². The highest BCUT2D eigenvalue weighted by molar-refractivity contribution is 5.53. The van der Waals surface area contributed by atoms with E-state index in [2.05, 4.69) is 32.6 Å². The van der Waals surface area contributed by atoms with E-state index in [1.807, 2.05) is 0 Å². The monoisotopic (exact) mass is 183 g/mol. The molecular weight excluding hydrogens is 162 g/mol. The summed E-state index contributed by atoms with van der Waals surface area (Å²) in [6.45, 7) is 8.92. The molecule has 1 fully saturated rings. The quantitative estimate of drug-likeness (QED) is 0.611. The Hall–Kier alpha value is -0.370. The molecule has 1 saturated heterocycles. The first-order valence-electron chi connectivity index (χ1n) is 5.29. The van der Waals surface area contributed by atoms with Crippen molar-refractivity contribution in [1.82, 2.24) is 4.90 Å². The lowest BCUT2D eigenvalue weighted by atomic mass is 9.87. The maximum atomic E-state index is 10.7. The van der Waals surface area contributed by atoms with Gasteiger partial charge in [-0.25, -0.2) is 0 Å². The van der Waals surface area contributed by atoms with E-state index in [1.54, 1.807) is 0 Å². The van der Waals surface area contributed by atoms with Crippen molar-refractivity contribution < 1.29 is 4.79 Å². The zero-order valence-corrected chi connectivity index (χ0v) is 9.16. The number of carbonyl (C=O) groups excluding carboxylic acids is 1. The van der Waals surface area contributed by atoms with Crippen LogP contribution in [0.4, 0.5) is 0 Å². The smallest absolute Gasteiger partial charge is 0.123 e. The highest BCUT2D eigenvalue weighted by atomic mass is 16.1. The minimum absolute atomic E-state index is 0.292. The molecule has 2 nitrogen and oxygen atoms in total. The Labute approximate surface area is 81.3 Å². The van der Waals surface area contributed by atoms with Crippen molar-refractivity contribution in [3.05, 3.63) is 0 Å². The van der Waals surface area contributed by atoms with Crippen LogP contribution in [0.1, 0.15) is 40.5 Å². The van der Waals surface area contributed by atoms with Crippen LogP contribution in [0.2, 0.25) is 0 Å². The molecule has 0 unspecified atom stereocenters. The fourth-order valence-corrected chi connectivity index (χ4v) is 2.78. The maximum Gasteiger partial charge on any atom is 0.123 e. The molecular formula is C11H21NO. The minimum atomic E-state index is 0.292. The standard InChI is InChI=1S/C11H21NO/c1-8(2)12-9(3)5-11(7-13)6-10(12)4/h7-11H,5-6H2,1-4H3/t9-,10-/m0/s1. The number of nitrogens with zero attached hydrogens (tertiary/aromatic N) is 1. The summed E-state index contributed by atoms with van der Waals surface area (Å²) < 4.78 is 0. The van der Waals surface area contributed by atoms with Gasteiger partial charge in [0, 0.05) is 24.0 Å². The molecule has 2 heteroatoms. The van der Waals surface area contributed by atoms with Gasteiger partial charge in [0.15, 0.2) is 0 Å². The lowest BCUT2D eigenvalue weighted by molar-refractivity contribution is -0.114. The van der Waals surface area contributed by atoms with Gasteiger partial charge in [0.25, 0.3) is 0 Å². The van der Waals surface area contributed by atoms with Crippen molar-refractivity contribution in [3.8, 4) is 0 Å². The molecule has 0 radical (unpaired) electrons. The highest BCUT2D eigenvalue weighted by Gasteiger charge is 2.31. The van der Waals surface area contributed by atoms with Crippen molar-refractivity contribution in [1.29, 1.82) is 0 Å². The van der Waals surface area contributed by atoms with Crippen LogP contribution in [0.3, 0.4) is 0 Å². The number of likely N-dealkylation sites (tertiary alicyclic amines) is 1. The fraction of sp³-hybridized carbons (Fsp3) is 0.909. The second-order valence-electron chi connectivity index (χ2n) is 4.61. The second kappa shape index (κ2) is 4.23. The van der Waals surface area contributed by atoms with E-state index in [0.29, 0.717) is 24.0 Å². The van der Waals surface area contributed by atoms with Gasteiger partial charge >= 0.3 is 0 Å². The van der Waals surface area contributed by atoms with Crippen LogP contribution in [0.15, 0.2) is 0 Å². The molecule has 13 heavy (non-hydrogen) atoms. The van der Waals surface area contributed by atoms with E-state index in [0.717, 1.165) is 19.1 Å². The van der Waals surface area contributed by atoms with Gasteiger partial charge in [0.2, 0.25) is 0 Å². The normalized spacial score (nSPS) is 36.5. The molecule has 1 aliphatic heterocycles. The topological polar surface area (TPSA) is 20.3 Å². The van der Waals surface area contributed by atoms with E-state index in [9.17, 15) is 4.79 Å². The zero-order chi connectivity index (χ0) is 10.0. The molecule has 0 amide bonds. The predicted molar refractivity (Wildman–Crippen MR) is 54.7 cm³/mol. The number of piperidine rings is 1. The van der Waals surface area contributed by atoms with Gasteiger partial charge in [-0.05, 0) is 40.5 Å². The Morgan fingerprint density at radius 2 is 1.69 bits per heavy atom. The summed E-state index contributed by atoms with van der Waals surface area (Å²) in [7, 11) is 0. The van der Waals surface area contributed by atoms with Crippen LogP contribution in [0.5, 0.6) is 0 Å². The number of carbonyl (C=O) groups is 1. The lowest BCUT2D eigenvalue weighted by Gasteiger charge is -2.43. The maximum absolute atomic E-state index is 10.7. The molecule has 0 aliphatic carbocycles. The molecule has 2 atom stereocenters. The minimum Gasteiger partial charge on any atom is -0.303 e. The van der Waals surface area contributed by atoms with E-state index in [-0.39, 0.29) is 0 Å². The zero-order valence-electron chi connectivity index (χ0n) is 9.16. The van der Waals surface area contributed by atoms with E-state index >= 15 is 0 Å². The van der Waals surface area contributed by atoms with Crippen LogP contribution < -0.4 is 0 Å². The first-order chi connectivity index (χ1) is 6.06. The molecule has 0 spiro atoms. The van der Waals surface area contributed by atoms with Crippen molar-refractivity contribution in [2.75, 3.05) is 0 Å². The van der Waals surface area contributed by atoms with Gasteiger partial charge in [0.05, 0.1) is 0 Å². The van der Waals surface area contributed by atoms with Gasteiger partial charge in [-0.2, -0.15) is 0 Å². The molecule has 0 aromatic heterocycles. The Morgan fingerprint density at radius 3 is 2.00 bits per heavy atom. The average molecular weight is 183 g/mol. The Morgan fingerprint density at radius 1 is 1.23 bits per heavy atom. The summed E-state index contributed by atoms with van der Waals surface area (Å²) in [6, 6.07) is 1.70. The summed E-state index contributed by atoms with van der Waals surface area (Å²) in [5.74, 6) is 0.292. The number of hydrogen-bond donors (Lipinski definition) is 0. The number of rotatable bonds is 2. The predicted octanol–water partition coefficient (Wildman–Crippen LogP) is 2.08. The summed E-state index contributed by atoms with van der Waals surface area (Å²) in [5.41, 5.74) is 0. The largest absolute Gasteiger partial charge is 0.303 e.